The second-order valence-corrected chi connectivity index (χ2v) is 6.67. The predicted octanol–water partition coefficient (Wildman–Crippen LogP) is 5.74. The molecule has 3 nitrogen and oxygen atoms in total. The Labute approximate surface area is 163 Å². The van der Waals surface area contributed by atoms with Crippen LogP contribution in [0.15, 0.2) is 36.4 Å². The van der Waals surface area contributed by atoms with Gasteiger partial charge in [-0.15, -0.1) is 0 Å². The van der Waals surface area contributed by atoms with Crippen molar-refractivity contribution in [2.24, 2.45) is 0 Å². The van der Waals surface area contributed by atoms with E-state index in [0.29, 0.717) is 17.0 Å². The van der Waals surface area contributed by atoms with Gasteiger partial charge in [0.15, 0.2) is 0 Å². The maximum atomic E-state index is 14.2. The predicted molar refractivity (Wildman–Crippen MR) is 88.7 cm³/mol. The maximum absolute atomic E-state index is 14.2. The van der Waals surface area contributed by atoms with Gasteiger partial charge in [-0.3, -0.25) is 9.59 Å². The van der Waals surface area contributed by atoms with Gasteiger partial charge >= 0.3 is 18.0 Å². The van der Waals surface area contributed by atoms with Gasteiger partial charge in [0, 0.05) is 5.56 Å². The SMILES string of the molecule is Cc1cc(C(F)(C(F)(F)F)C(F)(F)F)ccc1N1C(=O)c2cccc(Cl)c2C1=O. The fourth-order valence-corrected chi connectivity index (χ4v) is 3.33. The fraction of sp³-hybridized carbons (Fsp3) is 0.222. The Kier molecular flexibility index (Phi) is 4.69. The van der Waals surface area contributed by atoms with Gasteiger partial charge in [-0.1, -0.05) is 29.8 Å². The fourth-order valence-electron chi connectivity index (χ4n) is 3.07. The molecule has 1 aliphatic heterocycles. The van der Waals surface area contributed by atoms with Crippen LogP contribution in [0.25, 0.3) is 0 Å². The smallest absolute Gasteiger partial charge is 0.268 e. The number of hydrogen-bond donors (Lipinski definition) is 0. The molecular formula is C18H9ClF7NO2. The van der Waals surface area contributed by atoms with Crippen LogP contribution in [0.5, 0.6) is 0 Å². The van der Waals surface area contributed by atoms with Crippen molar-refractivity contribution in [1.29, 1.82) is 0 Å². The maximum Gasteiger partial charge on any atom is 0.435 e. The lowest BCUT2D eigenvalue weighted by molar-refractivity contribution is -0.348. The number of alkyl halides is 7. The number of imide groups is 1. The Balaban J connectivity index is 2.12. The molecule has 0 unspecified atom stereocenters. The summed E-state index contributed by atoms with van der Waals surface area (Å²) in [6.07, 6.45) is -12.6. The van der Waals surface area contributed by atoms with E-state index in [1.54, 1.807) is 0 Å². The van der Waals surface area contributed by atoms with E-state index in [2.05, 4.69) is 0 Å². The van der Waals surface area contributed by atoms with Crippen LogP contribution >= 0.6 is 11.6 Å². The zero-order chi connectivity index (χ0) is 21.9. The first-order valence-electron chi connectivity index (χ1n) is 7.82. The second-order valence-electron chi connectivity index (χ2n) is 6.26. The molecule has 0 spiro atoms. The molecule has 0 N–H and O–H groups in total. The molecule has 0 saturated heterocycles. The van der Waals surface area contributed by atoms with E-state index in [4.69, 9.17) is 11.6 Å². The minimum Gasteiger partial charge on any atom is -0.268 e. The molecule has 0 saturated carbocycles. The number of fused-ring (bicyclic) bond motifs is 1. The van der Waals surface area contributed by atoms with E-state index in [1.807, 2.05) is 0 Å². The van der Waals surface area contributed by atoms with Crippen LogP contribution < -0.4 is 4.90 Å². The molecule has 154 valence electrons. The van der Waals surface area contributed by atoms with Crippen LogP contribution in [0.3, 0.4) is 0 Å². The number of benzene rings is 2. The third-order valence-corrected chi connectivity index (χ3v) is 4.80. The van der Waals surface area contributed by atoms with Gasteiger partial charge in [-0.05, 0) is 30.7 Å². The van der Waals surface area contributed by atoms with Crippen molar-refractivity contribution in [2.75, 3.05) is 4.90 Å². The number of halogens is 8. The molecule has 0 atom stereocenters. The largest absolute Gasteiger partial charge is 0.435 e. The molecule has 0 fully saturated rings. The highest BCUT2D eigenvalue weighted by Gasteiger charge is 2.73. The Hall–Kier alpha value is -2.62. The molecule has 29 heavy (non-hydrogen) atoms. The molecule has 2 aromatic carbocycles. The molecule has 1 aliphatic rings. The quantitative estimate of drug-likeness (QED) is 0.442. The zero-order valence-corrected chi connectivity index (χ0v) is 15.0. The molecular weight excluding hydrogens is 431 g/mol. The lowest BCUT2D eigenvalue weighted by Crippen LogP contribution is -2.50. The van der Waals surface area contributed by atoms with Gasteiger partial charge in [0.05, 0.1) is 21.8 Å². The molecule has 0 radical (unpaired) electrons. The van der Waals surface area contributed by atoms with Gasteiger partial charge in [0.2, 0.25) is 0 Å². The standard InChI is InChI=1S/C18H9ClF7NO2/c1-8-7-9(16(20,17(21,22)23)18(24,25)26)5-6-12(8)27-14(28)10-3-2-4-11(19)13(10)15(27)29/h2-7H,1H3. The Morgan fingerprint density at radius 3 is 1.93 bits per heavy atom. The van der Waals surface area contributed by atoms with Crippen LogP contribution in [0.1, 0.15) is 31.8 Å². The third kappa shape index (κ3) is 2.97. The van der Waals surface area contributed by atoms with Gasteiger partial charge in [0.1, 0.15) is 0 Å². The van der Waals surface area contributed by atoms with Gasteiger partial charge in [0.25, 0.3) is 11.8 Å². The number of aryl methyl sites for hydroxylation is 1. The Morgan fingerprint density at radius 1 is 0.862 bits per heavy atom. The van der Waals surface area contributed by atoms with E-state index < -0.39 is 35.4 Å². The van der Waals surface area contributed by atoms with E-state index >= 15 is 0 Å². The molecule has 11 heteroatoms. The summed E-state index contributed by atoms with van der Waals surface area (Å²) in [5.41, 5.74) is -8.18. The minimum absolute atomic E-state index is 0.0467. The summed E-state index contributed by atoms with van der Waals surface area (Å²) in [5.74, 6) is -1.76. The lowest BCUT2D eigenvalue weighted by atomic mass is 9.92. The summed E-state index contributed by atoms with van der Waals surface area (Å²) < 4.78 is 91.9. The monoisotopic (exact) mass is 439 g/mol. The average molecular weight is 440 g/mol. The number of hydrogen-bond acceptors (Lipinski definition) is 2. The summed E-state index contributed by atoms with van der Waals surface area (Å²) >= 11 is 5.91. The summed E-state index contributed by atoms with van der Waals surface area (Å²) in [6.45, 7) is 1.05. The molecule has 3 rings (SSSR count). The molecule has 2 amide bonds. The van der Waals surface area contributed by atoms with Crippen LogP contribution in [-0.4, -0.2) is 24.2 Å². The number of amides is 2. The van der Waals surface area contributed by atoms with Gasteiger partial charge in [-0.2, -0.15) is 26.3 Å². The van der Waals surface area contributed by atoms with E-state index in [1.165, 1.54) is 18.2 Å². The number of rotatable bonds is 2. The lowest BCUT2D eigenvalue weighted by Gasteiger charge is -2.31. The molecule has 1 heterocycles. The number of carbonyl (C=O) groups excluding carboxylic acids is 2. The Bertz CT molecular complexity index is 1020. The highest BCUT2D eigenvalue weighted by molar-refractivity contribution is 6.42. The second kappa shape index (κ2) is 6.45. The van der Waals surface area contributed by atoms with Crippen molar-refractivity contribution >= 4 is 29.1 Å². The molecule has 0 aromatic heterocycles. The summed E-state index contributed by atoms with van der Waals surface area (Å²) in [6, 6.07) is 5.25. The first-order valence-corrected chi connectivity index (χ1v) is 8.20. The normalized spacial score (nSPS) is 15.1. The van der Waals surface area contributed by atoms with E-state index in [0.717, 1.165) is 6.92 Å². The first-order chi connectivity index (χ1) is 13.2. The molecule has 0 bridgehead atoms. The van der Waals surface area contributed by atoms with E-state index in [9.17, 15) is 40.3 Å². The zero-order valence-electron chi connectivity index (χ0n) is 14.3. The minimum atomic E-state index is -6.28. The van der Waals surface area contributed by atoms with Crippen molar-refractivity contribution < 1.29 is 40.3 Å². The molecule has 2 aromatic rings. The Morgan fingerprint density at radius 2 is 1.45 bits per heavy atom. The molecule has 0 aliphatic carbocycles. The number of carbonyl (C=O) groups is 2. The number of anilines is 1. The van der Waals surface area contributed by atoms with Crippen LogP contribution in [0.4, 0.5) is 36.4 Å². The van der Waals surface area contributed by atoms with E-state index in [-0.39, 0.29) is 33.5 Å². The summed E-state index contributed by atoms with van der Waals surface area (Å²) in [5, 5.41) is -0.0467. The highest BCUT2D eigenvalue weighted by atomic mass is 35.5. The van der Waals surface area contributed by atoms with Crippen molar-refractivity contribution in [1.82, 2.24) is 0 Å². The van der Waals surface area contributed by atoms with Crippen LogP contribution in [0.2, 0.25) is 5.02 Å². The first kappa shape index (κ1) is 21.1. The van der Waals surface area contributed by atoms with Gasteiger partial charge < -0.3 is 0 Å². The van der Waals surface area contributed by atoms with Gasteiger partial charge in [-0.25, -0.2) is 9.29 Å². The topological polar surface area (TPSA) is 37.4 Å². The summed E-state index contributed by atoms with van der Waals surface area (Å²) in [7, 11) is 0. The van der Waals surface area contributed by atoms with Crippen LogP contribution in [-0.2, 0) is 5.67 Å². The highest BCUT2D eigenvalue weighted by Crippen LogP contribution is 2.53. The van der Waals surface area contributed by atoms with Crippen molar-refractivity contribution in [2.45, 2.75) is 24.9 Å². The van der Waals surface area contributed by atoms with Crippen molar-refractivity contribution in [3.63, 3.8) is 0 Å². The average Bonchev–Trinajstić information content (AvgIpc) is 2.84. The van der Waals surface area contributed by atoms with Crippen molar-refractivity contribution in [3.05, 3.63) is 63.7 Å². The number of nitrogens with zero attached hydrogens (tertiary/aromatic N) is 1. The van der Waals surface area contributed by atoms with Crippen molar-refractivity contribution in [3.8, 4) is 0 Å². The summed E-state index contributed by atoms with van der Waals surface area (Å²) in [4.78, 5) is 25.7. The van der Waals surface area contributed by atoms with Crippen LogP contribution in [0, 0.1) is 6.92 Å². The third-order valence-electron chi connectivity index (χ3n) is 4.48.